The van der Waals surface area contributed by atoms with Crippen LogP contribution < -0.4 is 10.4 Å². The van der Waals surface area contributed by atoms with Gasteiger partial charge >= 0.3 is 325 Å². The van der Waals surface area contributed by atoms with Gasteiger partial charge in [-0.25, -0.2) is 0 Å². The van der Waals surface area contributed by atoms with Gasteiger partial charge in [0.1, 0.15) is 0 Å². The van der Waals surface area contributed by atoms with Gasteiger partial charge in [-0.05, 0) is 0 Å². The van der Waals surface area contributed by atoms with E-state index in [1.807, 2.05) is 0 Å². The number of hydrogen-bond acceptors (Lipinski definition) is 1. The Morgan fingerprint density at radius 1 is 0.469 bits per heavy atom. The summed E-state index contributed by atoms with van der Waals surface area (Å²) in [6.45, 7) is 59.3. The molecule has 1 unspecified atom stereocenters. The molecule has 0 saturated heterocycles. The molecule has 0 aromatic heterocycles. The molecule has 2 aromatic rings. The van der Waals surface area contributed by atoms with Crippen molar-refractivity contribution in [3.63, 3.8) is 0 Å². The van der Waals surface area contributed by atoms with Gasteiger partial charge in [0, 0.05) is 0 Å². The molecule has 0 spiro atoms. The first-order valence-corrected chi connectivity index (χ1v) is 48.2. The molecule has 1 nitrogen and oxygen atoms in total. The van der Waals surface area contributed by atoms with Gasteiger partial charge in [0.15, 0.2) is 0 Å². The summed E-state index contributed by atoms with van der Waals surface area (Å²) in [7, 11) is -12.4. The van der Waals surface area contributed by atoms with E-state index in [0.717, 1.165) is 0 Å². The molecule has 1 atom stereocenters. The number of rotatable bonds is 12. The minimum absolute atomic E-state index is 0.273. The monoisotopic (exact) mass is 867 g/mol. The van der Waals surface area contributed by atoms with Crippen LogP contribution >= 0.6 is 0 Å². The maximum atomic E-state index is 13.8. The molecule has 0 amide bonds. The van der Waals surface area contributed by atoms with Gasteiger partial charge < -0.3 is 0 Å². The molecule has 2 aromatic carbocycles. The van der Waals surface area contributed by atoms with Crippen LogP contribution in [0.1, 0.15) is 43.7 Å². The third kappa shape index (κ3) is 8.81. The first kappa shape index (κ1) is 45.8. The quantitative estimate of drug-likeness (QED) is 0.211. The van der Waals surface area contributed by atoms with E-state index in [-0.39, 0.29) is 4.28 Å². The van der Waals surface area contributed by atoms with Crippen molar-refractivity contribution in [3.05, 3.63) is 57.6 Å². The standard InChI is InChI=1S/C39H79OSeSi8/c1-29-25-30(2)35(31(3)26-29)49(40,41)36-33(37(42(4,5)6)43(7,8)9)27-32(28-34(36)38(44(10,11)12)45(13,14)15)39(46(16,17)18,47(19,20)21)48(22,23)24/h25-28,37-38,40H,1-24H3. The van der Waals surface area contributed by atoms with E-state index >= 15 is 0 Å². The van der Waals surface area contributed by atoms with Gasteiger partial charge in [0.25, 0.3) is 0 Å². The summed E-state index contributed by atoms with van der Waals surface area (Å²) < 4.78 is 0.273. The van der Waals surface area contributed by atoms with E-state index in [1.165, 1.54) is 27.1 Å². The molecule has 0 aliphatic carbocycles. The van der Waals surface area contributed by atoms with Crippen molar-refractivity contribution >= 4 is 89.2 Å². The fourth-order valence-electron chi connectivity index (χ4n) is 12.7. The van der Waals surface area contributed by atoms with E-state index in [2.05, 4.69) is 198 Å². The zero-order valence-corrected chi connectivity index (χ0v) is 46.5. The Labute approximate surface area is 322 Å². The van der Waals surface area contributed by atoms with Crippen LogP contribution in [0.3, 0.4) is 0 Å². The Kier molecular flexibility index (Phi) is 13.1. The zero-order valence-electron chi connectivity index (χ0n) is 36.8. The Hall–Kier alpha value is 0.655. The molecule has 0 heterocycles. The molecular formula is C39H79OSeSi8. The van der Waals surface area contributed by atoms with Gasteiger partial charge in [-0.15, -0.1) is 0 Å². The van der Waals surface area contributed by atoms with Gasteiger partial charge in [0.05, 0.1) is 0 Å². The Bertz CT molecular complexity index is 1380. The van der Waals surface area contributed by atoms with E-state index in [4.69, 9.17) is 0 Å². The molecule has 2 rings (SSSR count). The van der Waals surface area contributed by atoms with Gasteiger partial charge in [-0.2, -0.15) is 0 Å². The third-order valence-corrected chi connectivity index (χ3v) is 56.4. The molecular weight excluding hydrogens is 788 g/mol. The van der Waals surface area contributed by atoms with E-state index in [0.29, 0.717) is 10.3 Å². The molecule has 279 valence electrons. The third-order valence-electron chi connectivity index (χ3n) is 11.4. The molecule has 0 bridgehead atoms. The second kappa shape index (κ2) is 14.1. The minimum atomic E-state index is -3.32. The summed E-state index contributed by atoms with van der Waals surface area (Å²) in [6, 6.07) is 10.3. The van der Waals surface area contributed by atoms with Crippen molar-refractivity contribution in [3.8, 4) is 0 Å². The average Bonchev–Trinajstić information content (AvgIpc) is 2.70. The van der Waals surface area contributed by atoms with Gasteiger partial charge in [-0.1, -0.05) is 0 Å². The molecule has 10 heteroatoms. The number of aryl methyl sites for hydroxylation is 3. The van der Waals surface area contributed by atoms with Crippen LogP contribution in [-0.2, 0) is 4.28 Å². The van der Waals surface area contributed by atoms with Gasteiger partial charge in [-0.3, -0.25) is 0 Å². The SMILES string of the molecule is Cc1cc(C)c([Si](O)([Se])c2c(C([Si](C)(C)C)[Si](C)(C)C)cc(C([Si](C)(C)C)([Si](C)(C)C)[Si](C)(C)C)cc2C([Si](C)(C)C)[Si](C)(C)C)c(C)c1. The first-order valence-electron chi connectivity index (χ1n) is 19.0. The summed E-state index contributed by atoms with van der Waals surface area (Å²) in [5, 5.41) is 3.69. The van der Waals surface area contributed by atoms with E-state index in [9.17, 15) is 4.80 Å². The molecule has 0 aliphatic heterocycles. The summed E-state index contributed by atoms with van der Waals surface area (Å²) in [4.78, 5) is 13.8. The van der Waals surface area contributed by atoms with E-state index < -0.39 is 63.4 Å². The van der Waals surface area contributed by atoms with Crippen LogP contribution in [0, 0.1) is 20.8 Å². The molecule has 49 heavy (non-hydrogen) atoms. The predicted octanol–water partition coefficient (Wildman–Crippen LogP) is 10.9. The van der Waals surface area contributed by atoms with Crippen LogP contribution in [0.25, 0.3) is 0 Å². The maximum absolute atomic E-state index is 13.8. The van der Waals surface area contributed by atoms with Crippen LogP contribution in [0.4, 0.5) is 0 Å². The average molecular weight is 868 g/mol. The van der Waals surface area contributed by atoms with Crippen molar-refractivity contribution in [1.29, 1.82) is 0 Å². The fraction of sp³-hybridized carbons (Fsp3) is 0.692. The zero-order chi connectivity index (χ0) is 39.1. The Balaban J connectivity index is 3.74. The molecule has 1 N–H and O–H groups in total. The normalized spacial score (nSPS) is 16.1. The van der Waals surface area contributed by atoms with Crippen molar-refractivity contribution in [1.82, 2.24) is 0 Å². The van der Waals surface area contributed by atoms with E-state index in [1.54, 1.807) is 16.7 Å². The van der Waals surface area contributed by atoms with Crippen molar-refractivity contribution in [2.24, 2.45) is 0 Å². The fourth-order valence-corrected chi connectivity index (χ4v) is 75.0. The summed E-state index contributed by atoms with van der Waals surface area (Å²) in [6.07, 6.45) is 0. The van der Waals surface area contributed by atoms with Crippen LogP contribution in [-0.4, -0.2) is 83.6 Å². The first-order chi connectivity index (χ1) is 21.3. The topological polar surface area (TPSA) is 20.2 Å². The Morgan fingerprint density at radius 3 is 0.959 bits per heavy atom. The number of benzene rings is 2. The van der Waals surface area contributed by atoms with Crippen molar-refractivity contribution < 1.29 is 4.80 Å². The second-order valence-electron chi connectivity index (χ2n) is 23.3. The number of hydrogen-bond donors (Lipinski definition) is 1. The predicted molar refractivity (Wildman–Crippen MR) is 251 cm³/mol. The van der Waals surface area contributed by atoms with Crippen LogP contribution in [0.5, 0.6) is 0 Å². The Morgan fingerprint density at radius 2 is 0.735 bits per heavy atom. The summed E-state index contributed by atoms with van der Waals surface area (Å²) >= 11 is 3.71. The van der Waals surface area contributed by atoms with Gasteiger partial charge in [0.2, 0.25) is 0 Å². The summed E-state index contributed by atoms with van der Waals surface area (Å²) in [5.74, 6) is 0. The van der Waals surface area contributed by atoms with Crippen LogP contribution in [0.2, 0.25) is 137 Å². The van der Waals surface area contributed by atoms with Crippen LogP contribution in [0.15, 0.2) is 24.3 Å². The van der Waals surface area contributed by atoms with Crippen molar-refractivity contribution in [2.45, 2.75) is 173 Å². The molecule has 0 fully saturated rings. The molecule has 1 radical (unpaired) electrons. The molecule has 0 saturated carbocycles. The summed E-state index contributed by atoms with van der Waals surface area (Å²) in [5.41, 5.74) is 8.65. The van der Waals surface area contributed by atoms with Crippen molar-refractivity contribution in [2.75, 3.05) is 0 Å². The second-order valence-corrected chi connectivity index (χ2v) is 68.9. The molecule has 0 aliphatic rings.